The van der Waals surface area contributed by atoms with E-state index in [2.05, 4.69) is 9.71 Å². The molecule has 0 spiro atoms. The van der Waals surface area contributed by atoms with Gasteiger partial charge < -0.3 is 4.57 Å². The summed E-state index contributed by atoms with van der Waals surface area (Å²) in [5.74, 6) is 0. The van der Waals surface area contributed by atoms with Crippen LogP contribution in [0.1, 0.15) is 0 Å². The van der Waals surface area contributed by atoms with E-state index in [1.54, 1.807) is 41.5 Å². The van der Waals surface area contributed by atoms with Crippen molar-refractivity contribution < 1.29 is 8.42 Å². The van der Waals surface area contributed by atoms with Gasteiger partial charge in [0.15, 0.2) is 0 Å². The Kier molecular flexibility index (Phi) is 3.35. The first-order valence-electron chi connectivity index (χ1n) is 4.76. The van der Waals surface area contributed by atoms with E-state index >= 15 is 0 Å². The summed E-state index contributed by atoms with van der Waals surface area (Å²) < 4.78 is 27.0. The molecule has 17 heavy (non-hydrogen) atoms. The Morgan fingerprint density at radius 2 is 2.12 bits per heavy atom. The van der Waals surface area contributed by atoms with Crippen LogP contribution in [0.3, 0.4) is 0 Å². The van der Waals surface area contributed by atoms with Gasteiger partial charge in [-0.25, -0.2) is 13.4 Å². The highest BCUT2D eigenvalue weighted by atomic mass is 35.5. The third-order valence-electron chi connectivity index (χ3n) is 2.10. The molecule has 1 aromatic carbocycles. The van der Waals surface area contributed by atoms with Crippen LogP contribution < -0.4 is 4.72 Å². The third kappa shape index (κ3) is 2.78. The molecular weight excluding hydrogens is 262 g/mol. The highest BCUT2D eigenvalue weighted by Gasteiger charge is 2.11. The second kappa shape index (κ2) is 4.77. The van der Waals surface area contributed by atoms with Gasteiger partial charge >= 0.3 is 0 Å². The molecule has 0 fully saturated rings. The number of sulfonamides is 1. The number of rotatable bonds is 4. The van der Waals surface area contributed by atoms with Crippen LogP contribution in [0.25, 0.3) is 5.69 Å². The molecule has 7 heteroatoms. The molecule has 1 N–H and O–H groups in total. The van der Waals surface area contributed by atoms with Crippen LogP contribution in [0.2, 0.25) is 0 Å². The molecule has 0 aliphatic rings. The number of hydrogen-bond donors (Lipinski definition) is 1. The standard InChI is InChI=1S/C10H10ClN3O2S/c11-7-17(15,16)13-9-3-1-2-4-10(9)14-6-5-12-8-14/h1-6,8,13H,7H2. The average Bonchev–Trinajstić information content (AvgIpc) is 2.83. The molecule has 5 nitrogen and oxygen atoms in total. The number of aromatic nitrogens is 2. The Morgan fingerprint density at radius 3 is 2.76 bits per heavy atom. The van der Waals surface area contributed by atoms with Crippen LogP contribution in [-0.2, 0) is 10.0 Å². The molecule has 2 aromatic rings. The molecule has 0 aliphatic heterocycles. The fraction of sp³-hybridized carbons (Fsp3) is 0.100. The van der Waals surface area contributed by atoms with Gasteiger partial charge in [0.1, 0.15) is 5.21 Å². The van der Waals surface area contributed by atoms with Gasteiger partial charge in [0.05, 0.1) is 17.7 Å². The van der Waals surface area contributed by atoms with Crippen molar-refractivity contribution in [3.8, 4) is 5.69 Å². The van der Waals surface area contributed by atoms with Gasteiger partial charge in [0, 0.05) is 12.4 Å². The fourth-order valence-electron chi connectivity index (χ4n) is 1.38. The molecule has 0 atom stereocenters. The van der Waals surface area contributed by atoms with E-state index in [9.17, 15) is 8.42 Å². The van der Waals surface area contributed by atoms with Gasteiger partial charge in [-0.3, -0.25) is 4.72 Å². The van der Waals surface area contributed by atoms with E-state index in [1.165, 1.54) is 0 Å². The predicted molar refractivity (Wildman–Crippen MR) is 66.8 cm³/mol. The zero-order valence-corrected chi connectivity index (χ0v) is 10.3. The van der Waals surface area contributed by atoms with Crippen LogP contribution in [0.4, 0.5) is 5.69 Å². The van der Waals surface area contributed by atoms with Crippen LogP contribution in [0, 0.1) is 0 Å². The van der Waals surface area contributed by atoms with Crippen LogP contribution >= 0.6 is 11.6 Å². The number of anilines is 1. The number of benzene rings is 1. The Morgan fingerprint density at radius 1 is 1.35 bits per heavy atom. The lowest BCUT2D eigenvalue weighted by Crippen LogP contribution is -2.14. The van der Waals surface area contributed by atoms with Crippen molar-refractivity contribution in [3.05, 3.63) is 43.0 Å². The van der Waals surface area contributed by atoms with Crippen molar-refractivity contribution in [1.82, 2.24) is 9.55 Å². The highest BCUT2D eigenvalue weighted by Crippen LogP contribution is 2.20. The molecule has 1 heterocycles. The molecule has 90 valence electrons. The second-order valence-electron chi connectivity index (χ2n) is 3.31. The van der Waals surface area contributed by atoms with E-state index in [4.69, 9.17) is 11.6 Å². The Hall–Kier alpha value is -1.53. The molecule has 0 saturated carbocycles. The minimum atomic E-state index is -3.50. The molecule has 0 aliphatic carbocycles. The molecule has 0 unspecified atom stereocenters. The zero-order chi connectivity index (χ0) is 12.3. The van der Waals surface area contributed by atoms with E-state index in [-0.39, 0.29) is 0 Å². The smallest absolute Gasteiger partial charge is 0.246 e. The highest BCUT2D eigenvalue weighted by molar-refractivity contribution is 7.93. The number of alkyl halides is 1. The summed E-state index contributed by atoms with van der Waals surface area (Å²) in [6.45, 7) is 0. The summed E-state index contributed by atoms with van der Waals surface area (Å²) >= 11 is 5.35. The third-order valence-corrected chi connectivity index (χ3v) is 3.78. The molecule has 0 bridgehead atoms. The largest absolute Gasteiger partial charge is 0.304 e. The summed E-state index contributed by atoms with van der Waals surface area (Å²) in [5, 5.41) is -0.481. The Balaban J connectivity index is 2.42. The fourth-order valence-corrected chi connectivity index (χ4v) is 2.11. The monoisotopic (exact) mass is 271 g/mol. The topological polar surface area (TPSA) is 64.0 Å². The van der Waals surface area contributed by atoms with Gasteiger partial charge in [-0.2, -0.15) is 0 Å². The van der Waals surface area contributed by atoms with E-state index in [0.29, 0.717) is 11.4 Å². The number of nitrogens with one attached hydrogen (secondary N) is 1. The molecule has 1 aromatic heterocycles. The predicted octanol–water partition coefficient (Wildman–Crippen LogP) is 1.81. The zero-order valence-electron chi connectivity index (χ0n) is 8.75. The minimum absolute atomic E-state index is 0.464. The molecule has 2 rings (SSSR count). The van der Waals surface area contributed by atoms with Crippen molar-refractivity contribution in [2.45, 2.75) is 0 Å². The molecular formula is C10H10ClN3O2S. The first-order chi connectivity index (χ1) is 8.12. The number of halogens is 1. The van der Waals surface area contributed by atoms with E-state index in [0.717, 1.165) is 0 Å². The van der Waals surface area contributed by atoms with Crippen molar-refractivity contribution in [1.29, 1.82) is 0 Å². The average molecular weight is 272 g/mol. The van der Waals surface area contributed by atoms with E-state index < -0.39 is 15.2 Å². The summed E-state index contributed by atoms with van der Waals surface area (Å²) in [7, 11) is -3.50. The van der Waals surface area contributed by atoms with Gasteiger partial charge in [0.25, 0.3) is 0 Å². The molecule has 0 radical (unpaired) electrons. The number of imidazole rings is 1. The van der Waals surface area contributed by atoms with Crippen LogP contribution in [-0.4, -0.2) is 23.2 Å². The Bertz CT molecular complexity index is 596. The minimum Gasteiger partial charge on any atom is -0.304 e. The quantitative estimate of drug-likeness (QED) is 0.863. The van der Waals surface area contributed by atoms with Gasteiger partial charge in [-0.1, -0.05) is 12.1 Å². The molecule has 0 saturated heterocycles. The van der Waals surface area contributed by atoms with Gasteiger partial charge in [-0.05, 0) is 12.1 Å². The number of hydrogen-bond acceptors (Lipinski definition) is 3. The number of nitrogens with zero attached hydrogens (tertiary/aromatic N) is 2. The van der Waals surface area contributed by atoms with Crippen molar-refractivity contribution in [3.63, 3.8) is 0 Å². The maximum Gasteiger partial charge on any atom is 0.246 e. The van der Waals surface area contributed by atoms with Crippen molar-refractivity contribution >= 4 is 27.3 Å². The lowest BCUT2D eigenvalue weighted by molar-refractivity contribution is 0.605. The lowest BCUT2D eigenvalue weighted by Gasteiger charge is -2.11. The van der Waals surface area contributed by atoms with Crippen molar-refractivity contribution in [2.75, 3.05) is 9.93 Å². The maximum atomic E-state index is 11.4. The lowest BCUT2D eigenvalue weighted by atomic mass is 10.3. The number of para-hydroxylation sites is 2. The summed E-state index contributed by atoms with van der Waals surface area (Å²) in [4.78, 5) is 3.92. The first kappa shape index (κ1) is 11.9. The summed E-state index contributed by atoms with van der Waals surface area (Å²) in [6.07, 6.45) is 4.94. The summed E-state index contributed by atoms with van der Waals surface area (Å²) in [5.41, 5.74) is 1.16. The van der Waals surface area contributed by atoms with E-state index in [1.807, 2.05) is 6.07 Å². The maximum absolute atomic E-state index is 11.4. The van der Waals surface area contributed by atoms with Crippen molar-refractivity contribution in [2.24, 2.45) is 0 Å². The van der Waals surface area contributed by atoms with Gasteiger partial charge in [0.2, 0.25) is 10.0 Å². The first-order valence-corrected chi connectivity index (χ1v) is 6.95. The summed E-state index contributed by atoms with van der Waals surface area (Å²) in [6, 6.07) is 7.01. The normalized spacial score (nSPS) is 11.4. The van der Waals surface area contributed by atoms with Crippen LogP contribution in [0.5, 0.6) is 0 Å². The SMILES string of the molecule is O=S(=O)(CCl)Nc1ccccc1-n1ccnc1. The van der Waals surface area contributed by atoms with Gasteiger partial charge in [-0.15, -0.1) is 11.6 Å². The molecule has 0 amide bonds. The Labute approximate surface area is 104 Å². The second-order valence-corrected chi connectivity index (χ2v) is 5.62. The van der Waals surface area contributed by atoms with Crippen LogP contribution in [0.15, 0.2) is 43.0 Å².